The van der Waals surface area contributed by atoms with Crippen molar-refractivity contribution < 1.29 is 0 Å². The lowest BCUT2D eigenvalue weighted by molar-refractivity contribution is 0.370. The van der Waals surface area contributed by atoms with Crippen LogP contribution in [0.5, 0.6) is 0 Å². The molecule has 0 amide bonds. The fourth-order valence-corrected chi connectivity index (χ4v) is 3.43. The lowest BCUT2D eigenvalue weighted by atomic mass is 10.1. The molecule has 7 heteroatoms. The van der Waals surface area contributed by atoms with Crippen molar-refractivity contribution in [1.29, 1.82) is 0 Å². The van der Waals surface area contributed by atoms with Crippen molar-refractivity contribution in [3.63, 3.8) is 0 Å². The molecule has 0 spiro atoms. The average molecular weight is 488 g/mol. The van der Waals surface area contributed by atoms with Crippen molar-refractivity contribution >= 4 is 46.7 Å². The SMILES string of the molecule is CN=C(NCc1ccc2ccccc2c1)N1CCN(c2ncccn2)CC1.I. The van der Waals surface area contributed by atoms with E-state index in [9.17, 15) is 0 Å². The predicted molar refractivity (Wildman–Crippen MR) is 125 cm³/mol. The van der Waals surface area contributed by atoms with E-state index in [1.807, 2.05) is 13.1 Å². The van der Waals surface area contributed by atoms with Gasteiger partial charge in [-0.2, -0.15) is 0 Å². The summed E-state index contributed by atoms with van der Waals surface area (Å²) in [5, 5.41) is 6.04. The maximum atomic E-state index is 4.47. The zero-order valence-electron chi connectivity index (χ0n) is 16.0. The second-order valence-electron chi connectivity index (χ2n) is 6.61. The largest absolute Gasteiger partial charge is 0.352 e. The van der Waals surface area contributed by atoms with Crippen molar-refractivity contribution in [2.24, 2.45) is 4.99 Å². The Kier molecular flexibility index (Phi) is 7.02. The maximum Gasteiger partial charge on any atom is 0.225 e. The lowest BCUT2D eigenvalue weighted by Crippen LogP contribution is -2.52. The number of rotatable bonds is 3. The van der Waals surface area contributed by atoms with Crippen LogP contribution in [-0.2, 0) is 6.54 Å². The molecule has 0 bridgehead atoms. The molecule has 3 aromatic rings. The number of hydrogen-bond donors (Lipinski definition) is 1. The summed E-state index contributed by atoms with van der Waals surface area (Å²) in [6.45, 7) is 4.34. The number of hydrogen-bond acceptors (Lipinski definition) is 4. The zero-order valence-corrected chi connectivity index (χ0v) is 18.3. The van der Waals surface area contributed by atoms with Gasteiger partial charge in [0.05, 0.1) is 0 Å². The third kappa shape index (κ3) is 4.70. The Bertz CT molecular complexity index is 922. The Hall–Kier alpha value is -2.42. The van der Waals surface area contributed by atoms with Gasteiger partial charge in [-0.25, -0.2) is 9.97 Å². The molecular weight excluding hydrogens is 463 g/mol. The van der Waals surface area contributed by atoms with E-state index >= 15 is 0 Å². The molecule has 0 unspecified atom stereocenters. The first-order chi connectivity index (χ1) is 13.3. The summed E-state index contributed by atoms with van der Waals surface area (Å²) in [4.78, 5) is 17.7. The van der Waals surface area contributed by atoms with Gasteiger partial charge >= 0.3 is 0 Å². The van der Waals surface area contributed by atoms with Crippen LogP contribution in [0.4, 0.5) is 5.95 Å². The number of nitrogens with one attached hydrogen (secondary N) is 1. The van der Waals surface area contributed by atoms with E-state index < -0.39 is 0 Å². The molecule has 1 fully saturated rings. The van der Waals surface area contributed by atoms with E-state index in [4.69, 9.17) is 0 Å². The molecule has 0 radical (unpaired) electrons. The van der Waals surface area contributed by atoms with Crippen LogP contribution >= 0.6 is 24.0 Å². The number of aromatic nitrogens is 2. The third-order valence-corrected chi connectivity index (χ3v) is 4.89. The number of benzene rings is 2. The second kappa shape index (κ2) is 9.68. The van der Waals surface area contributed by atoms with Gasteiger partial charge < -0.3 is 15.1 Å². The first-order valence-corrected chi connectivity index (χ1v) is 9.29. The van der Waals surface area contributed by atoms with Crippen LogP contribution in [0.3, 0.4) is 0 Å². The Labute approximate surface area is 182 Å². The van der Waals surface area contributed by atoms with Crippen LogP contribution in [0, 0.1) is 0 Å². The van der Waals surface area contributed by atoms with Crippen molar-refractivity contribution in [2.45, 2.75) is 6.54 Å². The molecule has 2 aromatic carbocycles. The first kappa shape index (κ1) is 20.3. The lowest BCUT2D eigenvalue weighted by Gasteiger charge is -2.36. The molecule has 0 aliphatic carbocycles. The van der Waals surface area contributed by atoms with Crippen LogP contribution in [0.15, 0.2) is 65.9 Å². The van der Waals surface area contributed by atoms with Gasteiger partial charge in [0.25, 0.3) is 0 Å². The van der Waals surface area contributed by atoms with E-state index in [0.717, 1.165) is 44.6 Å². The molecule has 146 valence electrons. The zero-order chi connectivity index (χ0) is 18.5. The highest BCUT2D eigenvalue weighted by atomic mass is 127. The summed E-state index contributed by atoms with van der Waals surface area (Å²) in [7, 11) is 1.84. The number of anilines is 1. The molecule has 1 aliphatic heterocycles. The summed E-state index contributed by atoms with van der Waals surface area (Å²) < 4.78 is 0. The summed E-state index contributed by atoms with van der Waals surface area (Å²) in [6.07, 6.45) is 3.58. The molecule has 28 heavy (non-hydrogen) atoms. The van der Waals surface area contributed by atoms with Crippen LogP contribution in [0.1, 0.15) is 5.56 Å². The normalized spacial score (nSPS) is 14.7. The summed E-state index contributed by atoms with van der Waals surface area (Å²) in [5.41, 5.74) is 1.26. The number of fused-ring (bicyclic) bond motifs is 1. The Morgan fingerprint density at radius 1 is 0.964 bits per heavy atom. The van der Waals surface area contributed by atoms with Gasteiger partial charge in [0.15, 0.2) is 5.96 Å². The minimum absolute atomic E-state index is 0. The summed E-state index contributed by atoms with van der Waals surface area (Å²) >= 11 is 0. The highest BCUT2D eigenvalue weighted by Crippen LogP contribution is 2.16. The Morgan fingerprint density at radius 3 is 2.39 bits per heavy atom. The van der Waals surface area contributed by atoms with Crippen LogP contribution < -0.4 is 10.2 Å². The number of halogens is 1. The minimum Gasteiger partial charge on any atom is -0.352 e. The molecule has 2 heterocycles. The quantitative estimate of drug-likeness (QED) is 0.349. The topological polar surface area (TPSA) is 56.7 Å². The van der Waals surface area contributed by atoms with Crippen molar-refractivity contribution in [3.05, 3.63) is 66.5 Å². The van der Waals surface area contributed by atoms with Gasteiger partial charge in [-0.15, -0.1) is 24.0 Å². The van der Waals surface area contributed by atoms with Gasteiger partial charge in [-0.05, 0) is 28.5 Å². The number of nitrogens with zero attached hydrogens (tertiary/aromatic N) is 5. The smallest absolute Gasteiger partial charge is 0.225 e. The maximum absolute atomic E-state index is 4.47. The molecule has 0 saturated carbocycles. The highest BCUT2D eigenvalue weighted by molar-refractivity contribution is 14.0. The van der Waals surface area contributed by atoms with Gasteiger partial charge in [-0.1, -0.05) is 36.4 Å². The summed E-state index contributed by atoms with van der Waals surface area (Å²) in [5.74, 6) is 1.74. The second-order valence-corrected chi connectivity index (χ2v) is 6.61. The number of piperazine rings is 1. The molecular formula is C21H25IN6. The average Bonchev–Trinajstić information content (AvgIpc) is 2.75. The first-order valence-electron chi connectivity index (χ1n) is 9.29. The van der Waals surface area contributed by atoms with E-state index in [0.29, 0.717) is 0 Å². The number of guanidine groups is 1. The highest BCUT2D eigenvalue weighted by Gasteiger charge is 2.20. The van der Waals surface area contributed by atoms with Crippen molar-refractivity contribution in [3.8, 4) is 0 Å². The molecule has 1 aliphatic rings. The minimum atomic E-state index is 0. The molecule has 0 atom stereocenters. The van der Waals surface area contributed by atoms with Gasteiger partial charge in [0.2, 0.25) is 5.95 Å². The molecule has 1 saturated heterocycles. The van der Waals surface area contributed by atoms with Gasteiger partial charge in [-0.3, -0.25) is 4.99 Å². The van der Waals surface area contributed by atoms with Crippen LogP contribution in [0.2, 0.25) is 0 Å². The van der Waals surface area contributed by atoms with Crippen molar-refractivity contribution in [1.82, 2.24) is 20.2 Å². The van der Waals surface area contributed by atoms with Gasteiger partial charge in [0, 0.05) is 52.2 Å². The molecule has 1 aromatic heterocycles. The standard InChI is InChI=1S/C21H24N6.HI/c1-22-20(25-16-17-7-8-18-5-2-3-6-19(18)15-17)26-11-13-27(14-12-26)21-23-9-4-10-24-21;/h2-10,15H,11-14,16H2,1H3,(H,22,25);1H. The van der Waals surface area contributed by atoms with E-state index in [2.05, 4.69) is 72.5 Å². The van der Waals surface area contributed by atoms with Crippen molar-refractivity contribution in [2.75, 3.05) is 38.1 Å². The number of aliphatic imine (C=N–C) groups is 1. The van der Waals surface area contributed by atoms with Crippen LogP contribution in [-0.4, -0.2) is 54.1 Å². The monoisotopic (exact) mass is 488 g/mol. The summed E-state index contributed by atoms with van der Waals surface area (Å²) in [6, 6.07) is 16.9. The Balaban J connectivity index is 0.00000225. The van der Waals surface area contributed by atoms with E-state index in [1.165, 1.54) is 16.3 Å². The fourth-order valence-electron chi connectivity index (χ4n) is 3.43. The third-order valence-electron chi connectivity index (χ3n) is 4.89. The van der Waals surface area contributed by atoms with E-state index in [-0.39, 0.29) is 24.0 Å². The Morgan fingerprint density at radius 2 is 1.68 bits per heavy atom. The molecule has 1 N–H and O–H groups in total. The fraction of sp³-hybridized carbons (Fsp3) is 0.286. The molecule has 6 nitrogen and oxygen atoms in total. The van der Waals surface area contributed by atoms with Gasteiger partial charge in [0.1, 0.15) is 0 Å². The van der Waals surface area contributed by atoms with E-state index in [1.54, 1.807) is 12.4 Å². The molecule has 4 rings (SSSR count). The predicted octanol–water partition coefficient (Wildman–Crippen LogP) is 3.15. The van der Waals surface area contributed by atoms with Crippen LogP contribution in [0.25, 0.3) is 10.8 Å².